The van der Waals surface area contributed by atoms with Crippen LogP contribution in [0.4, 0.5) is 0 Å². The Morgan fingerprint density at radius 2 is 1.94 bits per heavy atom. The predicted molar refractivity (Wildman–Crippen MR) is 80.5 cm³/mol. The van der Waals surface area contributed by atoms with Gasteiger partial charge in [-0.05, 0) is 36.5 Å². The van der Waals surface area contributed by atoms with Gasteiger partial charge in [-0.1, -0.05) is 51.6 Å². The van der Waals surface area contributed by atoms with Crippen LogP contribution < -0.4 is 0 Å². The summed E-state index contributed by atoms with van der Waals surface area (Å²) in [4.78, 5) is 4.58. The van der Waals surface area contributed by atoms with Crippen LogP contribution in [-0.4, -0.2) is 4.98 Å². The maximum Gasteiger partial charge on any atom is 0.0704 e. The first-order valence-corrected chi connectivity index (χ1v) is 6.33. The molecule has 0 aliphatic heterocycles. The van der Waals surface area contributed by atoms with E-state index in [1.54, 1.807) is 0 Å². The van der Waals surface area contributed by atoms with E-state index in [1.165, 1.54) is 11.1 Å². The molecule has 1 aromatic rings. The second-order valence-electron chi connectivity index (χ2n) is 5.47. The highest BCUT2D eigenvalue weighted by atomic mass is 14.7. The van der Waals surface area contributed by atoms with Crippen LogP contribution in [-0.2, 0) is 5.41 Å². The number of pyridine rings is 1. The number of nitrogens with zero attached hydrogens (tertiary/aromatic N) is 1. The first kappa shape index (κ1) is 14.4. The van der Waals surface area contributed by atoms with Crippen LogP contribution >= 0.6 is 0 Å². The number of rotatable bonds is 3. The zero-order chi connectivity index (χ0) is 13.8. The zero-order valence-electron chi connectivity index (χ0n) is 12.1. The average molecular weight is 241 g/mol. The lowest BCUT2D eigenvalue weighted by molar-refractivity contribution is 0.587. The molecule has 96 valence electrons. The molecule has 0 N–H and O–H groups in total. The molecule has 0 saturated heterocycles. The predicted octanol–water partition coefficient (Wildman–Crippen LogP) is 4.91. The van der Waals surface area contributed by atoms with Crippen LogP contribution in [0.25, 0.3) is 5.57 Å². The van der Waals surface area contributed by atoms with E-state index in [1.807, 2.05) is 25.3 Å². The van der Waals surface area contributed by atoms with Crippen LogP contribution in [0, 0.1) is 0 Å². The van der Waals surface area contributed by atoms with Crippen LogP contribution in [0.2, 0.25) is 0 Å². The van der Waals surface area contributed by atoms with E-state index in [2.05, 4.69) is 57.5 Å². The van der Waals surface area contributed by atoms with Crippen LogP contribution in [0.5, 0.6) is 0 Å². The van der Waals surface area contributed by atoms with E-state index in [-0.39, 0.29) is 5.41 Å². The Labute approximate surface area is 111 Å². The van der Waals surface area contributed by atoms with Gasteiger partial charge in [0.1, 0.15) is 0 Å². The molecule has 0 saturated carbocycles. The van der Waals surface area contributed by atoms with Gasteiger partial charge in [-0.15, -0.1) is 0 Å². The monoisotopic (exact) mass is 241 g/mol. The topological polar surface area (TPSA) is 12.9 Å². The fraction of sp³-hybridized carbons (Fsp3) is 0.353. The van der Waals surface area contributed by atoms with E-state index >= 15 is 0 Å². The molecular formula is C17H23N. The fourth-order valence-electron chi connectivity index (χ4n) is 1.69. The third-order valence-electron chi connectivity index (χ3n) is 3.05. The van der Waals surface area contributed by atoms with Gasteiger partial charge in [0.15, 0.2) is 0 Å². The number of aromatic nitrogens is 1. The summed E-state index contributed by atoms with van der Waals surface area (Å²) in [5.74, 6) is 0. The third-order valence-corrected chi connectivity index (χ3v) is 3.05. The second-order valence-corrected chi connectivity index (χ2v) is 5.47. The van der Waals surface area contributed by atoms with Gasteiger partial charge in [0.2, 0.25) is 0 Å². The van der Waals surface area contributed by atoms with Crippen LogP contribution in [0.15, 0.2) is 48.7 Å². The molecule has 0 aliphatic carbocycles. The van der Waals surface area contributed by atoms with Gasteiger partial charge in [0.05, 0.1) is 5.69 Å². The molecular weight excluding hydrogens is 218 g/mol. The van der Waals surface area contributed by atoms with Crippen molar-refractivity contribution in [3.8, 4) is 0 Å². The lowest BCUT2D eigenvalue weighted by Crippen LogP contribution is -2.11. The highest BCUT2D eigenvalue weighted by Gasteiger charge is 2.14. The van der Waals surface area contributed by atoms with Crippen molar-refractivity contribution < 1.29 is 0 Å². The smallest absolute Gasteiger partial charge is 0.0704 e. The summed E-state index contributed by atoms with van der Waals surface area (Å²) in [6.45, 7) is 14.5. The Hall–Kier alpha value is -1.63. The highest BCUT2D eigenvalue weighted by molar-refractivity contribution is 5.77. The Morgan fingerprint density at radius 1 is 1.28 bits per heavy atom. The van der Waals surface area contributed by atoms with Gasteiger partial charge in [0, 0.05) is 11.8 Å². The van der Waals surface area contributed by atoms with Crippen molar-refractivity contribution in [1.82, 2.24) is 4.98 Å². The summed E-state index contributed by atoms with van der Waals surface area (Å²) in [5, 5.41) is 0. The Kier molecular flexibility index (Phi) is 4.66. The van der Waals surface area contributed by atoms with Crippen molar-refractivity contribution in [2.24, 2.45) is 0 Å². The van der Waals surface area contributed by atoms with Crippen molar-refractivity contribution >= 4 is 5.57 Å². The lowest BCUT2D eigenvalue weighted by Gasteiger charge is -2.19. The van der Waals surface area contributed by atoms with E-state index in [4.69, 9.17) is 0 Å². The van der Waals surface area contributed by atoms with E-state index in [9.17, 15) is 0 Å². The molecule has 0 aliphatic rings. The van der Waals surface area contributed by atoms with Crippen molar-refractivity contribution in [3.05, 3.63) is 60.0 Å². The van der Waals surface area contributed by atoms with Crippen molar-refractivity contribution in [2.45, 2.75) is 40.0 Å². The molecule has 0 atom stereocenters. The molecule has 1 nitrogen and oxygen atoms in total. The molecule has 1 heteroatoms. The van der Waals surface area contributed by atoms with E-state index in [0.717, 1.165) is 11.3 Å². The molecule has 0 aromatic carbocycles. The molecule has 1 rings (SSSR count). The summed E-state index contributed by atoms with van der Waals surface area (Å²) in [5.41, 5.74) is 4.74. The molecule has 0 fully saturated rings. The molecule has 1 aromatic heterocycles. The van der Waals surface area contributed by atoms with Gasteiger partial charge in [-0.25, -0.2) is 0 Å². The Balaban J connectivity index is 3.18. The Morgan fingerprint density at radius 3 is 2.33 bits per heavy atom. The molecule has 0 radical (unpaired) electrons. The Bertz CT molecular complexity index is 467. The normalized spacial score (nSPS) is 13.6. The number of hydrogen-bond donors (Lipinski definition) is 0. The first-order valence-electron chi connectivity index (χ1n) is 6.33. The van der Waals surface area contributed by atoms with Gasteiger partial charge in [-0.2, -0.15) is 0 Å². The summed E-state index contributed by atoms with van der Waals surface area (Å²) in [7, 11) is 0. The standard InChI is InChI=1S/C17H23N/c1-7-9-15(13(3)8-2)16-11-10-14(12-18-16)17(4,5)6/h7-12H,1H2,2-6H3/b13-8-,15-9+. The molecule has 1 heterocycles. The largest absolute Gasteiger partial charge is 0.256 e. The maximum atomic E-state index is 4.58. The van der Waals surface area contributed by atoms with Gasteiger partial charge >= 0.3 is 0 Å². The van der Waals surface area contributed by atoms with E-state index < -0.39 is 0 Å². The lowest BCUT2D eigenvalue weighted by atomic mass is 9.88. The third kappa shape index (κ3) is 3.43. The zero-order valence-corrected chi connectivity index (χ0v) is 12.1. The van der Waals surface area contributed by atoms with Crippen LogP contribution in [0.1, 0.15) is 45.9 Å². The first-order chi connectivity index (χ1) is 8.40. The molecule has 0 spiro atoms. The summed E-state index contributed by atoms with van der Waals surface area (Å²) in [6, 6.07) is 4.24. The highest BCUT2D eigenvalue weighted by Crippen LogP contribution is 2.25. The quantitative estimate of drug-likeness (QED) is 0.685. The van der Waals surface area contributed by atoms with Crippen molar-refractivity contribution in [2.75, 3.05) is 0 Å². The number of hydrogen-bond acceptors (Lipinski definition) is 1. The van der Waals surface area contributed by atoms with Gasteiger partial charge < -0.3 is 0 Å². The van der Waals surface area contributed by atoms with E-state index in [0.29, 0.717) is 0 Å². The van der Waals surface area contributed by atoms with Crippen molar-refractivity contribution in [3.63, 3.8) is 0 Å². The molecule has 0 amide bonds. The average Bonchev–Trinajstić information content (AvgIpc) is 2.34. The van der Waals surface area contributed by atoms with Gasteiger partial charge in [0.25, 0.3) is 0 Å². The fourth-order valence-corrected chi connectivity index (χ4v) is 1.69. The summed E-state index contributed by atoms with van der Waals surface area (Å²) >= 11 is 0. The molecule has 0 bridgehead atoms. The summed E-state index contributed by atoms with van der Waals surface area (Å²) in [6.07, 6.45) is 7.87. The minimum Gasteiger partial charge on any atom is -0.256 e. The maximum absolute atomic E-state index is 4.58. The minimum absolute atomic E-state index is 0.142. The van der Waals surface area contributed by atoms with Gasteiger partial charge in [-0.3, -0.25) is 4.98 Å². The minimum atomic E-state index is 0.142. The van der Waals surface area contributed by atoms with Crippen LogP contribution in [0.3, 0.4) is 0 Å². The second kappa shape index (κ2) is 5.81. The van der Waals surface area contributed by atoms with Crippen molar-refractivity contribution in [1.29, 1.82) is 0 Å². The molecule has 0 unspecified atom stereocenters. The molecule has 18 heavy (non-hydrogen) atoms. The number of allylic oxidation sites excluding steroid dienone is 5. The summed E-state index contributed by atoms with van der Waals surface area (Å²) < 4.78 is 0. The SMILES string of the molecule is C=C/C=C(\C(C)=C/C)c1ccc(C(C)(C)C)cn1.